The van der Waals surface area contributed by atoms with Gasteiger partial charge in [-0.3, -0.25) is 14.5 Å². The Morgan fingerprint density at radius 1 is 1.00 bits per heavy atom. The lowest BCUT2D eigenvalue weighted by Gasteiger charge is -2.53. The second kappa shape index (κ2) is 9.42. The largest absolute Gasteiger partial charge is 0.628 e. The zero-order valence-electron chi connectivity index (χ0n) is 17.0. The molecule has 150 valence electrons. The Bertz CT molecular complexity index is 682. The quantitative estimate of drug-likeness (QED) is 0.747. The third-order valence-corrected chi connectivity index (χ3v) is 6.07. The summed E-state index contributed by atoms with van der Waals surface area (Å²) in [6.45, 7) is 6.55. The maximum Gasteiger partial charge on any atom is 0.628 e. The topological polar surface area (TPSA) is 55.8 Å². The smallest absolute Gasteiger partial charge is 0.495 e. The Morgan fingerprint density at radius 2 is 1.61 bits per heavy atom. The summed E-state index contributed by atoms with van der Waals surface area (Å²) in [6, 6.07) is 9.90. The zero-order chi connectivity index (χ0) is 20.1. The molecule has 0 unspecified atom stereocenters. The van der Waals surface area contributed by atoms with E-state index in [4.69, 9.17) is 9.31 Å². The van der Waals surface area contributed by atoms with E-state index in [1.807, 2.05) is 49.1 Å². The fourth-order valence-electron chi connectivity index (χ4n) is 4.57. The van der Waals surface area contributed by atoms with Gasteiger partial charge in [0.2, 0.25) is 0 Å². The molecule has 28 heavy (non-hydrogen) atoms. The summed E-state index contributed by atoms with van der Waals surface area (Å²) in [5, 5.41) is 0. The average molecular weight is 383 g/mol. The van der Waals surface area contributed by atoms with Crippen LogP contribution < -0.4 is 0 Å². The van der Waals surface area contributed by atoms with E-state index in [2.05, 4.69) is 6.92 Å². The number of rotatable bonds is 3. The standard InChI is InChI=1S/C20H24BNO4.C2H6/c1-14-17-9-16(10-17)11-18(14)22-12-19(23)25-21(26-20(24)13-22)8-7-15-5-3-2-4-6-15;1-2/h2-8,14,16-18H,9-13H2,1H3;1-2H3/b8-7+;/t14-,16?,17?,18-;/m1./s1. The highest BCUT2D eigenvalue weighted by Gasteiger charge is 2.46. The first-order chi connectivity index (χ1) is 13.6. The van der Waals surface area contributed by atoms with Crippen molar-refractivity contribution in [3.8, 4) is 0 Å². The Hall–Kier alpha value is -2.08. The number of benzene rings is 1. The predicted octanol–water partition coefficient (Wildman–Crippen LogP) is 3.59. The van der Waals surface area contributed by atoms with Gasteiger partial charge in [0.05, 0.1) is 13.1 Å². The average Bonchev–Trinajstić information content (AvgIpc) is 2.66. The molecule has 0 N–H and O–H groups in total. The van der Waals surface area contributed by atoms with Crippen LogP contribution in [0.25, 0.3) is 6.08 Å². The van der Waals surface area contributed by atoms with E-state index in [1.54, 1.807) is 12.1 Å². The van der Waals surface area contributed by atoms with Gasteiger partial charge in [-0.15, -0.1) is 0 Å². The van der Waals surface area contributed by atoms with Crippen molar-refractivity contribution in [2.24, 2.45) is 17.8 Å². The fourth-order valence-corrected chi connectivity index (χ4v) is 4.57. The number of hydrogen-bond acceptors (Lipinski definition) is 5. The van der Waals surface area contributed by atoms with Crippen molar-refractivity contribution in [3.63, 3.8) is 0 Å². The van der Waals surface area contributed by atoms with Gasteiger partial charge in [-0.05, 0) is 48.6 Å². The third kappa shape index (κ3) is 4.85. The minimum atomic E-state index is -0.963. The van der Waals surface area contributed by atoms with Gasteiger partial charge < -0.3 is 9.31 Å². The summed E-state index contributed by atoms with van der Waals surface area (Å²) in [5.41, 5.74) is 0.957. The van der Waals surface area contributed by atoms with Gasteiger partial charge in [0.25, 0.3) is 0 Å². The van der Waals surface area contributed by atoms with Gasteiger partial charge in [0.15, 0.2) is 0 Å². The monoisotopic (exact) mass is 383 g/mol. The van der Waals surface area contributed by atoms with Crippen molar-refractivity contribution >= 4 is 25.1 Å². The molecule has 1 heterocycles. The summed E-state index contributed by atoms with van der Waals surface area (Å²) >= 11 is 0. The van der Waals surface area contributed by atoms with Crippen molar-refractivity contribution in [2.45, 2.75) is 46.1 Å². The summed E-state index contributed by atoms with van der Waals surface area (Å²) in [7, 11) is -0.963. The van der Waals surface area contributed by atoms with Crippen LogP contribution in [0.2, 0.25) is 0 Å². The number of carbonyl (C=O) groups is 2. The Morgan fingerprint density at radius 3 is 2.18 bits per heavy atom. The Balaban J connectivity index is 0.00000109. The van der Waals surface area contributed by atoms with E-state index in [1.165, 1.54) is 12.8 Å². The lowest BCUT2D eigenvalue weighted by molar-refractivity contribution is -0.149. The molecule has 0 spiro atoms. The molecule has 2 bridgehead atoms. The second-order valence-electron chi connectivity index (χ2n) is 7.78. The number of carbonyl (C=O) groups excluding carboxylic acids is 2. The molecule has 1 saturated heterocycles. The second-order valence-corrected chi connectivity index (χ2v) is 7.78. The molecule has 2 atom stereocenters. The maximum absolute atomic E-state index is 12.3. The first kappa shape index (κ1) is 20.7. The van der Waals surface area contributed by atoms with Gasteiger partial charge in [-0.2, -0.15) is 0 Å². The van der Waals surface area contributed by atoms with Crippen LogP contribution in [0.15, 0.2) is 36.3 Å². The van der Waals surface area contributed by atoms with Crippen LogP contribution in [0.3, 0.4) is 0 Å². The molecule has 3 saturated carbocycles. The molecule has 0 amide bonds. The first-order valence-corrected chi connectivity index (χ1v) is 10.4. The zero-order valence-corrected chi connectivity index (χ0v) is 17.0. The first-order valence-electron chi connectivity index (χ1n) is 10.4. The summed E-state index contributed by atoms with van der Waals surface area (Å²) < 4.78 is 10.7. The van der Waals surface area contributed by atoms with Crippen molar-refractivity contribution in [2.75, 3.05) is 13.1 Å². The number of fused-ring (bicyclic) bond motifs is 2. The Labute approximate surface area is 168 Å². The normalized spacial score (nSPS) is 30.3. The van der Waals surface area contributed by atoms with Gasteiger partial charge in [-0.25, -0.2) is 0 Å². The highest BCUT2D eigenvalue weighted by molar-refractivity contribution is 6.55. The number of hydrogen-bond donors (Lipinski definition) is 0. The molecule has 4 aliphatic rings. The fraction of sp³-hybridized carbons (Fsp3) is 0.545. The van der Waals surface area contributed by atoms with E-state index in [0.29, 0.717) is 5.92 Å². The molecule has 0 radical (unpaired) electrons. The molecular weight excluding hydrogens is 353 g/mol. The molecule has 3 aliphatic carbocycles. The van der Waals surface area contributed by atoms with Crippen molar-refractivity contribution in [1.29, 1.82) is 0 Å². The van der Waals surface area contributed by atoms with Crippen LogP contribution in [-0.4, -0.2) is 43.1 Å². The highest BCUT2D eigenvalue weighted by Crippen LogP contribution is 2.50. The highest BCUT2D eigenvalue weighted by atomic mass is 16.6. The molecule has 6 heteroatoms. The van der Waals surface area contributed by atoms with E-state index < -0.39 is 7.12 Å². The summed E-state index contributed by atoms with van der Waals surface area (Å²) in [6.07, 6.45) is 5.45. The van der Waals surface area contributed by atoms with Crippen molar-refractivity contribution < 1.29 is 18.9 Å². The van der Waals surface area contributed by atoms with E-state index >= 15 is 0 Å². The summed E-state index contributed by atoms with van der Waals surface area (Å²) in [5.74, 6) is 2.92. The molecule has 1 aromatic carbocycles. The third-order valence-electron chi connectivity index (χ3n) is 6.07. The molecular formula is C22H30BNO4. The molecule has 1 aliphatic heterocycles. The lowest BCUT2D eigenvalue weighted by Crippen LogP contribution is -2.56. The molecule has 4 fully saturated rings. The van der Waals surface area contributed by atoms with Gasteiger partial charge in [-0.1, -0.05) is 57.2 Å². The lowest BCUT2D eigenvalue weighted by atomic mass is 9.58. The van der Waals surface area contributed by atoms with Crippen LogP contribution in [0.5, 0.6) is 0 Å². The van der Waals surface area contributed by atoms with Crippen LogP contribution in [0.4, 0.5) is 0 Å². The van der Waals surface area contributed by atoms with Crippen LogP contribution >= 0.6 is 0 Å². The van der Waals surface area contributed by atoms with Gasteiger partial charge >= 0.3 is 19.1 Å². The SMILES string of the molecule is CC.C[C@@H]1C2CC(C2)C[C@H]1N1CC(=O)OB(/C=C/c2ccccc2)OC(=O)C1. The van der Waals surface area contributed by atoms with E-state index in [-0.39, 0.29) is 31.1 Å². The van der Waals surface area contributed by atoms with Gasteiger partial charge in [0.1, 0.15) is 0 Å². The van der Waals surface area contributed by atoms with Crippen LogP contribution in [-0.2, 0) is 18.9 Å². The minimum Gasteiger partial charge on any atom is -0.495 e. The molecule has 1 aromatic rings. The predicted molar refractivity (Wildman–Crippen MR) is 110 cm³/mol. The van der Waals surface area contributed by atoms with Crippen molar-refractivity contribution in [3.05, 3.63) is 41.9 Å². The maximum atomic E-state index is 12.3. The summed E-state index contributed by atoms with van der Waals surface area (Å²) in [4.78, 5) is 26.6. The van der Waals surface area contributed by atoms with Crippen LogP contribution in [0.1, 0.15) is 45.6 Å². The molecule has 5 nitrogen and oxygen atoms in total. The van der Waals surface area contributed by atoms with E-state index in [9.17, 15) is 9.59 Å². The molecule has 0 aromatic heterocycles. The minimum absolute atomic E-state index is 0.152. The Kier molecular flexibility index (Phi) is 6.95. The van der Waals surface area contributed by atoms with E-state index in [0.717, 1.165) is 23.8 Å². The number of nitrogens with zero attached hydrogens (tertiary/aromatic N) is 1. The molecule has 5 rings (SSSR count). The van der Waals surface area contributed by atoms with Crippen molar-refractivity contribution in [1.82, 2.24) is 4.90 Å². The van der Waals surface area contributed by atoms with Gasteiger partial charge in [0, 0.05) is 6.04 Å². The van der Waals surface area contributed by atoms with Crippen LogP contribution in [0, 0.1) is 17.8 Å².